The summed E-state index contributed by atoms with van der Waals surface area (Å²) in [6.07, 6.45) is -4.25. The maximum Gasteiger partial charge on any atom is 0.411 e. The van der Waals surface area contributed by atoms with Crippen molar-refractivity contribution in [3.63, 3.8) is 0 Å². The zero-order valence-corrected chi connectivity index (χ0v) is 6.40. The van der Waals surface area contributed by atoms with Crippen LogP contribution in [0.2, 0.25) is 0 Å². The number of aliphatic hydroxyl groups is 1. The van der Waals surface area contributed by atoms with E-state index in [1.807, 2.05) is 0 Å². The highest BCUT2D eigenvalue weighted by atomic mass is 19.4. The van der Waals surface area contributed by atoms with Gasteiger partial charge in [-0.2, -0.15) is 13.2 Å². The second-order valence-electron chi connectivity index (χ2n) is 2.43. The minimum Gasteiger partial charge on any atom is -0.366 e. The minimum atomic E-state index is -4.38. The molecule has 68 valence electrons. The van der Waals surface area contributed by atoms with E-state index in [4.69, 9.17) is 5.11 Å². The van der Waals surface area contributed by atoms with E-state index in [0.29, 0.717) is 0 Å². The molecule has 0 aromatic carbocycles. The van der Waals surface area contributed by atoms with Gasteiger partial charge in [0.2, 0.25) is 0 Å². The largest absolute Gasteiger partial charge is 0.411 e. The molecule has 0 aliphatic heterocycles. The van der Waals surface area contributed by atoms with Gasteiger partial charge in [-0.25, -0.2) is 0 Å². The first kappa shape index (κ1) is 10.7. The number of rotatable bonds is 3. The van der Waals surface area contributed by atoms with E-state index >= 15 is 0 Å². The molecule has 11 heavy (non-hydrogen) atoms. The smallest absolute Gasteiger partial charge is 0.366 e. The molecule has 0 saturated carbocycles. The Hall–Kier alpha value is -0.290. The van der Waals surface area contributed by atoms with Crippen LogP contribution in [0.3, 0.4) is 0 Å². The molecule has 5 heteroatoms. The van der Waals surface area contributed by atoms with Gasteiger partial charge in [0.25, 0.3) is 0 Å². The summed E-state index contributed by atoms with van der Waals surface area (Å²) >= 11 is 0. The third-order valence-electron chi connectivity index (χ3n) is 1.20. The fraction of sp³-hybridized carbons (Fsp3) is 1.00. The molecule has 1 unspecified atom stereocenters. The van der Waals surface area contributed by atoms with Gasteiger partial charge in [-0.05, 0) is 13.3 Å². The van der Waals surface area contributed by atoms with Gasteiger partial charge < -0.3 is 9.84 Å². The van der Waals surface area contributed by atoms with Crippen molar-refractivity contribution >= 4 is 0 Å². The van der Waals surface area contributed by atoms with Crippen molar-refractivity contribution < 1.29 is 23.0 Å². The lowest BCUT2D eigenvalue weighted by Crippen LogP contribution is -2.32. The molecule has 0 heterocycles. The van der Waals surface area contributed by atoms with Gasteiger partial charge in [0.05, 0.1) is 0 Å². The van der Waals surface area contributed by atoms with Gasteiger partial charge in [0, 0.05) is 0 Å². The molecule has 0 fully saturated rings. The Kier molecular flexibility index (Phi) is 3.31. The van der Waals surface area contributed by atoms with Crippen LogP contribution in [0.15, 0.2) is 0 Å². The highest BCUT2D eigenvalue weighted by Gasteiger charge is 2.31. The fourth-order valence-corrected chi connectivity index (χ4v) is 0.339. The van der Waals surface area contributed by atoms with Crippen molar-refractivity contribution in [2.75, 3.05) is 6.61 Å². The zero-order valence-electron chi connectivity index (χ0n) is 6.40. The van der Waals surface area contributed by atoms with Crippen molar-refractivity contribution in [1.82, 2.24) is 0 Å². The summed E-state index contributed by atoms with van der Waals surface area (Å²) < 4.78 is 38.6. The summed E-state index contributed by atoms with van der Waals surface area (Å²) in [7, 11) is 0. The summed E-state index contributed by atoms with van der Waals surface area (Å²) in [6, 6.07) is 0. The Labute approximate surface area is 63.0 Å². The molecule has 0 aliphatic carbocycles. The lowest BCUT2D eigenvalue weighted by Gasteiger charge is -2.22. The van der Waals surface area contributed by atoms with Crippen molar-refractivity contribution in [2.45, 2.75) is 32.2 Å². The van der Waals surface area contributed by atoms with E-state index in [9.17, 15) is 13.2 Å². The highest BCUT2D eigenvalue weighted by molar-refractivity contribution is 4.57. The molecule has 0 rings (SSSR count). The van der Waals surface area contributed by atoms with Gasteiger partial charge in [-0.3, -0.25) is 0 Å². The van der Waals surface area contributed by atoms with Crippen LogP contribution in [-0.4, -0.2) is 23.7 Å². The first-order chi connectivity index (χ1) is 4.77. The van der Waals surface area contributed by atoms with E-state index < -0.39 is 18.6 Å². The van der Waals surface area contributed by atoms with Crippen molar-refractivity contribution in [1.29, 1.82) is 0 Å². The maximum absolute atomic E-state index is 11.5. The van der Waals surface area contributed by atoms with E-state index in [-0.39, 0.29) is 6.42 Å². The van der Waals surface area contributed by atoms with Gasteiger partial charge in [-0.15, -0.1) is 0 Å². The maximum atomic E-state index is 11.5. The predicted molar refractivity (Wildman–Crippen MR) is 32.9 cm³/mol. The van der Waals surface area contributed by atoms with Gasteiger partial charge in [-0.1, -0.05) is 6.92 Å². The van der Waals surface area contributed by atoms with Crippen LogP contribution < -0.4 is 0 Å². The molecule has 0 bridgehead atoms. The summed E-state index contributed by atoms with van der Waals surface area (Å²) in [5.41, 5.74) is 0. The minimum absolute atomic E-state index is 0.128. The third kappa shape index (κ3) is 6.12. The molecule has 0 aromatic rings. The fourth-order valence-electron chi connectivity index (χ4n) is 0.339. The Morgan fingerprint density at radius 3 is 2.09 bits per heavy atom. The first-order valence-electron chi connectivity index (χ1n) is 3.20. The highest BCUT2D eigenvalue weighted by Crippen LogP contribution is 2.19. The number of hydrogen-bond donors (Lipinski definition) is 1. The monoisotopic (exact) mass is 172 g/mol. The predicted octanol–water partition coefficient (Wildman–Crippen LogP) is 1.68. The molecule has 0 aliphatic rings. The van der Waals surface area contributed by atoms with Crippen LogP contribution in [-0.2, 0) is 4.74 Å². The van der Waals surface area contributed by atoms with E-state index in [1.54, 1.807) is 0 Å². The van der Waals surface area contributed by atoms with Crippen LogP contribution in [0.1, 0.15) is 20.3 Å². The SMILES string of the molecule is CCC(C)(O)OCC(F)(F)F. The third-order valence-corrected chi connectivity index (χ3v) is 1.20. The summed E-state index contributed by atoms with van der Waals surface area (Å²) in [4.78, 5) is 0. The summed E-state index contributed by atoms with van der Waals surface area (Å²) in [5.74, 6) is -1.67. The van der Waals surface area contributed by atoms with Crippen LogP contribution in [0.4, 0.5) is 13.2 Å². The van der Waals surface area contributed by atoms with Gasteiger partial charge in [0.15, 0.2) is 5.79 Å². The molecule has 0 radical (unpaired) electrons. The second-order valence-corrected chi connectivity index (χ2v) is 2.43. The van der Waals surface area contributed by atoms with Gasteiger partial charge in [0.1, 0.15) is 6.61 Å². The second kappa shape index (κ2) is 3.40. The van der Waals surface area contributed by atoms with Crippen molar-refractivity contribution in [2.24, 2.45) is 0 Å². The molecule has 0 amide bonds. The summed E-state index contributed by atoms with van der Waals surface area (Å²) in [6.45, 7) is 1.32. The molecular formula is C6H11F3O2. The van der Waals surface area contributed by atoms with Crippen LogP contribution in [0.25, 0.3) is 0 Å². The quantitative estimate of drug-likeness (QED) is 0.656. The average molecular weight is 172 g/mol. The number of ether oxygens (including phenoxy) is 1. The van der Waals surface area contributed by atoms with Crippen LogP contribution in [0.5, 0.6) is 0 Å². The van der Waals surface area contributed by atoms with Crippen LogP contribution >= 0.6 is 0 Å². The lowest BCUT2D eigenvalue weighted by atomic mass is 10.2. The number of halogens is 3. The Morgan fingerprint density at radius 2 is 1.82 bits per heavy atom. The number of hydrogen-bond acceptors (Lipinski definition) is 2. The summed E-state index contributed by atoms with van der Waals surface area (Å²) in [5, 5.41) is 8.96. The Bertz CT molecular complexity index is 119. The molecule has 0 saturated heterocycles. The molecular weight excluding hydrogens is 161 g/mol. The Morgan fingerprint density at radius 1 is 1.36 bits per heavy atom. The van der Waals surface area contributed by atoms with E-state index in [2.05, 4.69) is 4.74 Å². The van der Waals surface area contributed by atoms with Crippen molar-refractivity contribution in [3.8, 4) is 0 Å². The van der Waals surface area contributed by atoms with Crippen molar-refractivity contribution in [3.05, 3.63) is 0 Å². The zero-order chi connectivity index (χ0) is 9.12. The van der Waals surface area contributed by atoms with Crippen LogP contribution in [0, 0.1) is 0 Å². The normalized spacial score (nSPS) is 18.0. The molecule has 0 spiro atoms. The molecule has 1 N–H and O–H groups in total. The van der Waals surface area contributed by atoms with Gasteiger partial charge >= 0.3 is 6.18 Å². The number of alkyl halides is 3. The Balaban J connectivity index is 3.70. The lowest BCUT2D eigenvalue weighted by molar-refractivity contribution is -0.259. The average Bonchev–Trinajstić information content (AvgIpc) is 1.83. The van der Waals surface area contributed by atoms with E-state index in [0.717, 1.165) is 0 Å². The first-order valence-corrected chi connectivity index (χ1v) is 3.20. The topological polar surface area (TPSA) is 29.5 Å². The van der Waals surface area contributed by atoms with E-state index in [1.165, 1.54) is 13.8 Å². The molecule has 1 atom stereocenters. The molecule has 2 nitrogen and oxygen atoms in total. The standard InChI is InChI=1S/C6H11F3O2/c1-3-5(2,10)11-4-6(7,8)9/h10H,3-4H2,1-2H3. The molecule has 0 aromatic heterocycles.